The van der Waals surface area contributed by atoms with Crippen LogP contribution in [0.3, 0.4) is 0 Å². The number of halogens is 1. The number of fused-ring (bicyclic) bond motifs is 1. The zero-order chi connectivity index (χ0) is 15.0. The topological polar surface area (TPSA) is 46.3 Å². The van der Waals surface area contributed by atoms with Crippen molar-refractivity contribution in [3.8, 4) is 0 Å². The van der Waals surface area contributed by atoms with Gasteiger partial charge in [0, 0.05) is 18.3 Å². The molecule has 0 bridgehead atoms. The Morgan fingerprint density at radius 3 is 2.81 bits per heavy atom. The van der Waals surface area contributed by atoms with E-state index in [1.807, 2.05) is 0 Å². The van der Waals surface area contributed by atoms with Gasteiger partial charge in [-0.05, 0) is 30.9 Å². The van der Waals surface area contributed by atoms with Crippen LogP contribution in [0.5, 0.6) is 0 Å². The van der Waals surface area contributed by atoms with Crippen molar-refractivity contribution >= 4 is 33.0 Å². The molecule has 1 aliphatic carbocycles. The maximum absolute atomic E-state index is 13.9. The fraction of sp³-hybridized carbons (Fsp3) is 0.438. The van der Waals surface area contributed by atoms with E-state index >= 15 is 0 Å². The highest BCUT2D eigenvalue weighted by Crippen LogP contribution is 2.36. The third-order valence-electron chi connectivity index (χ3n) is 4.25. The highest BCUT2D eigenvalue weighted by atomic mass is 32.1. The molecule has 1 saturated carbocycles. The van der Waals surface area contributed by atoms with Gasteiger partial charge in [0.1, 0.15) is 10.7 Å². The lowest BCUT2D eigenvalue weighted by Crippen LogP contribution is -2.31. The van der Waals surface area contributed by atoms with E-state index < -0.39 is 0 Å². The quantitative estimate of drug-likeness (QED) is 0.935. The molecule has 1 aromatic carbocycles. The Hall–Kier alpha value is -1.62. The molecule has 1 heterocycles. The molecule has 0 unspecified atom stereocenters. The minimum atomic E-state index is -0.362. The third-order valence-corrected chi connectivity index (χ3v) is 5.41. The second kappa shape index (κ2) is 5.64. The standard InChI is InChI=1S/C16H19FN2OS/c1-19(9-10-5-2-3-6-10)16(20)15-14(18)13-11(17)7-4-8-12(13)21-15/h4,7-8,10H,2-3,5-6,9,18H2,1H3. The van der Waals surface area contributed by atoms with Crippen molar-refractivity contribution in [1.82, 2.24) is 4.90 Å². The van der Waals surface area contributed by atoms with Crippen molar-refractivity contribution in [2.75, 3.05) is 19.3 Å². The van der Waals surface area contributed by atoms with Gasteiger partial charge in [0.2, 0.25) is 0 Å². The summed E-state index contributed by atoms with van der Waals surface area (Å²) in [6.45, 7) is 0.759. The lowest BCUT2D eigenvalue weighted by molar-refractivity contribution is 0.0779. The minimum Gasteiger partial charge on any atom is -0.397 e. The number of carbonyl (C=O) groups is 1. The number of rotatable bonds is 3. The second-order valence-corrected chi connectivity index (χ2v) is 6.85. The van der Waals surface area contributed by atoms with Gasteiger partial charge in [-0.2, -0.15) is 0 Å². The van der Waals surface area contributed by atoms with Gasteiger partial charge < -0.3 is 10.6 Å². The fourth-order valence-corrected chi connectivity index (χ4v) is 4.26. The van der Waals surface area contributed by atoms with Gasteiger partial charge in [-0.15, -0.1) is 11.3 Å². The largest absolute Gasteiger partial charge is 0.397 e. The van der Waals surface area contributed by atoms with Crippen molar-refractivity contribution in [3.05, 3.63) is 28.9 Å². The van der Waals surface area contributed by atoms with Gasteiger partial charge in [-0.3, -0.25) is 4.79 Å². The molecule has 2 N–H and O–H groups in total. The number of carbonyl (C=O) groups excluding carboxylic acids is 1. The molecule has 0 radical (unpaired) electrons. The van der Waals surface area contributed by atoms with E-state index in [1.54, 1.807) is 24.1 Å². The fourth-order valence-electron chi connectivity index (χ4n) is 3.12. The van der Waals surface area contributed by atoms with Gasteiger partial charge >= 0.3 is 0 Å². The second-order valence-electron chi connectivity index (χ2n) is 5.79. The van der Waals surface area contributed by atoms with E-state index in [0.717, 1.165) is 11.2 Å². The van der Waals surface area contributed by atoms with Crippen LogP contribution in [0.25, 0.3) is 10.1 Å². The summed E-state index contributed by atoms with van der Waals surface area (Å²) in [5, 5.41) is 0.375. The lowest BCUT2D eigenvalue weighted by Gasteiger charge is -2.20. The van der Waals surface area contributed by atoms with Crippen molar-refractivity contribution < 1.29 is 9.18 Å². The maximum Gasteiger partial charge on any atom is 0.265 e. The Morgan fingerprint density at radius 1 is 1.43 bits per heavy atom. The molecule has 0 atom stereocenters. The summed E-state index contributed by atoms with van der Waals surface area (Å²) in [5.74, 6) is 0.130. The zero-order valence-corrected chi connectivity index (χ0v) is 12.9. The predicted molar refractivity (Wildman–Crippen MR) is 85.1 cm³/mol. The van der Waals surface area contributed by atoms with E-state index in [0.29, 0.717) is 16.2 Å². The van der Waals surface area contributed by atoms with Crippen molar-refractivity contribution in [1.29, 1.82) is 0 Å². The molecular formula is C16H19FN2OS. The molecule has 21 heavy (non-hydrogen) atoms. The maximum atomic E-state index is 13.9. The number of nitrogens with two attached hydrogens (primary N) is 1. The van der Waals surface area contributed by atoms with Crippen LogP contribution in [0, 0.1) is 11.7 Å². The van der Waals surface area contributed by atoms with E-state index in [4.69, 9.17) is 5.73 Å². The molecule has 3 nitrogen and oxygen atoms in total. The minimum absolute atomic E-state index is 0.0972. The number of hydrogen-bond donors (Lipinski definition) is 1. The van der Waals surface area contributed by atoms with Crippen LogP contribution in [-0.4, -0.2) is 24.4 Å². The highest BCUT2D eigenvalue weighted by Gasteiger charge is 2.24. The van der Waals surface area contributed by atoms with Crippen LogP contribution in [0.2, 0.25) is 0 Å². The number of nitrogen functional groups attached to an aromatic ring is 1. The van der Waals surface area contributed by atoms with Gasteiger partial charge in [0.15, 0.2) is 0 Å². The number of nitrogens with zero attached hydrogens (tertiary/aromatic N) is 1. The SMILES string of the molecule is CN(CC1CCCC1)C(=O)c1sc2cccc(F)c2c1N. The number of amides is 1. The Kier molecular flexibility index (Phi) is 3.85. The van der Waals surface area contributed by atoms with Crippen LogP contribution >= 0.6 is 11.3 Å². The molecule has 1 aromatic heterocycles. The molecule has 0 spiro atoms. The molecule has 5 heteroatoms. The molecule has 2 aromatic rings. The van der Waals surface area contributed by atoms with Gasteiger partial charge in [0.25, 0.3) is 5.91 Å². The summed E-state index contributed by atoms with van der Waals surface area (Å²) in [4.78, 5) is 14.8. The van der Waals surface area contributed by atoms with E-state index in [9.17, 15) is 9.18 Å². The number of benzene rings is 1. The van der Waals surface area contributed by atoms with Crippen LogP contribution < -0.4 is 5.73 Å². The first-order chi connectivity index (χ1) is 10.1. The molecule has 1 aliphatic rings. The van der Waals surface area contributed by atoms with E-state index in [-0.39, 0.29) is 17.4 Å². The summed E-state index contributed by atoms with van der Waals surface area (Å²) in [5.41, 5.74) is 6.28. The number of hydrogen-bond acceptors (Lipinski definition) is 3. The average Bonchev–Trinajstić information content (AvgIpc) is 3.07. The zero-order valence-electron chi connectivity index (χ0n) is 12.1. The molecule has 1 amide bonds. The van der Waals surface area contributed by atoms with E-state index in [1.165, 1.54) is 43.1 Å². The van der Waals surface area contributed by atoms with Gasteiger partial charge in [-0.25, -0.2) is 4.39 Å². The summed E-state index contributed by atoms with van der Waals surface area (Å²) >= 11 is 1.28. The third kappa shape index (κ3) is 2.62. The van der Waals surface area contributed by atoms with Crippen LogP contribution in [-0.2, 0) is 0 Å². The monoisotopic (exact) mass is 306 g/mol. The van der Waals surface area contributed by atoms with Crippen LogP contribution in [0.1, 0.15) is 35.4 Å². The first-order valence-corrected chi connectivity index (χ1v) is 8.11. The van der Waals surface area contributed by atoms with Crippen LogP contribution in [0.4, 0.5) is 10.1 Å². The molecule has 1 fully saturated rings. The number of thiophene rings is 1. The molecule has 112 valence electrons. The molecule has 3 rings (SSSR count). The first kappa shape index (κ1) is 14.3. The Morgan fingerprint density at radius 2 is 2.14 bits per heavy atom. The highest BCUT2D eigenvalue weighted by molar-refractivity contribution is 7.21. The van der Waals surface area contributed by atoms with Gasteiger partial charge in [-0.1, -0.05) is 18.9 Å². The Balaban J connectivity index is 1.87. The van der Waals surface area contributed by atoms with E-state index in [2.05, 4.69) is 0 Å². The summed E-state index contributed by atoms with van der Waals surface area (Å²) < 4.78 is 14.6. The molecular weight excluding hydrogens is 287 g/mol. The van der Waals surface area contributed by atoms with Crippen molar-refractivity contribution in [2.24, 2.45) is 5.92 Å². The molecule has 0 saturated heterocycles. The Labute approximate surface area is 127 Å². The van der Waals surface area contributed by atoms with Crippen molar-refractivity contribution in [3.63, 3.8) is 0 Å². The van der Waals surface area contributed by atoms with Crippen LogP contribution in [0.15, 0.2) is 18.2 Å². The summed E-state index contributed by atoms with van der Waals surface area (Å²) in [7, 11) is 1.81. The number of anilines is 1. The lowest BCUT2D eigenvalue weighted by atomic mass is 10.1. The smallest absolute Gasteiger partial charge is 0.265 e. The van der Waals surface area contributed by atoms with Gasteiger partial charge in [0.05, 0.1) is 11.1 Å². The summed E-state index contributed by atoms with van der Waals surface area (Å²) in [6, 6.07) is 4.82. The summed E-state index contributed by atoms with van der Waals surface area (Å²) in [6.07, 6.45) is 4.88. The molecule has 0 aliphatic heterocycles. The predicted octanol–water partition coefficient (Wildman–Crippen LogP) is 3.88. The average molecular weight is 306 g/mol. The first-order valence-electron chi connectivity index (χ1n) is 7.30. The van der Waals surface area contributed by atoms with Crippen molar-refractivity contribution in [2.45, 2.75) is 25.7 Å². The Bertz CT molecular complexity index is 676. The normalized spacial score (nSPS) is 15.7.